The van der Waals surface area contributed by atoms with Crippen LogP contribution in [0.5, 0.6) is 0 Å². The van der Waals surface area contributed by atoms with Crippen LogP contribution in [0.3, 0.4) is 0 Å². The fourth-order valence-corrected chi connectivity index (χ4v) is 1.85. The van der Waals surface area contributed by atoms with Crippen LogP contribution >= 0.6 is 23.2 Å². The zero-order chi connectivity index (χ0) is 11.7. The van der Waals surface area contributed by atoms with Crippen molar-refractivity contribution in [1.82, 2.24) is 15.0 Å². The van der Waals surface area contributed by atoms with E-state index in [0.717, 1.165) is 0 Å². The second-order valence-corrected chi connectivity index (χ2v) is 4.05. The quantitative estimate of drug-likeness (QED) is 0.785. The van der Waals surface area contributed by atoms with Gasteiger partial charge in [-0.1, -0.05) is 28.4 Å². The van der Waals surface area contributed by atoms with Gasteiger partial charge in [0.15, 0.2) is 5.69 Å². The van der Waals surface area contributed by atoms with Gasteiger partial charge < -0.3 is 0 Å². The Morgan fingerprint density at radius 1 is 1.25 bits per heavy atom. The molecule has 1 aromatic carbocycles. The van der Waals surface area contributed by atoms with E-state index in [-0.39, 0.29) is 5.69 Å². The number of hydrogen-bond acceptors (Lipinski definition) is 3. The molecule has 0 aliphatic rings. The average Bonchev–Trinajstić information content (AvgIpc) is 2.58. The van der Waals surface area contributed by atoms with Crippen LogP contribution in [-0.2, 0) is 0 Å². The monoisotopic (exact) mass is 252 g/mol. The van der Waals surface area contributed by atoms with E-state index in [4.69, 9.17) is 28.5 Å². The summed E-state index contributed by atoms with van der Waals surface area (Å²) in [6.07, 6.45) is 0. The van der Waals surface area contributed by atoms with E-state index in [1.54, 1.807) is 25.1 Å². The lowest BCUT2D eigenvalue weighted by Gasteiger charge is -2.04. The van der Waals surface area contributed by atoms with Crippen LogP contribution in [0, 0.1) is 18.3 Å². The molecule has 0 spiro atoms. The average molecular weight is 253 g/mol. The van der Waals surface area contributed by atoms with Gasteiger partial charge >= 0.3 is 0 Å². The number of hydrogen-bond donors (Lipinski definition) is 0. The standard InChI is InChI=1S/C10H6Cl2N4/c1-6-10(5-13)14-15-16(6)9-3-7(11)2-8(12)4-9/h2-4H,1H3. The maximum absolute atomic E-state index is 8.77. The van der Waals surface area contributed by atoms with E-state index >= 15 is 0 Å². The Hall–Kier alpha value is -1.57. The molecular formula is C10H6Cl2N4. The van der Waals surface area contributed by atoms with Crippen molar-refractivity contribution in [2.24, 2.45) is 0 Å². The summed E-state index contributed by atoms with van der Waals surface area (Å²) in [7, 11) is 0. The number of rotatable bonds is 1. The van der Waals surface area contributed by atoms with Crippen molar-refractivity contribution in [3.63, 3.8) is 0 Å². The van der Waals surface area contributed by atoms with Gasteiger partial charge in [0, 0.05) is 10.0 Å². The van der Waals surface area contributed by atoms with Gasteiger partial charge in [-0.15, -0.1) is 5.10 Å². The van der Waals surface area contributed by atoms with Gasteiger partial charge in [0.05, 0.1) is 11.4 Å². The number of benzene rings is 1. The van der Waals surface area contributed by atoms with Crippen molar-refractivity contribution in [3.8, 4) is 11.8 Å². The third kappa shape index (κ3) is 1.87. The lowest BCUT2D eigenvalue weighted by molar-refractivity contribution is 0.785. The zero-order valence-corrected chi connectivity index (χ0v) is 9.79. The highest BCUT2D eigenvalue weighted by Gasteiger charge is 2.10. The molecule has 0 bridgehead atoms. The van der Waals surface area contributed by atoms with Crippen molar-refractivity contribution in [1.29, 1.82) is 5.26 Å². The van der Waals surface area contributed by atoms with Crippen molar-refractivity contribution in [2.75, 3.05) is 0 Å². The molecule has 1 aromatic heterocycles. The smallest absolute Gasteiger partial charge is 0.186 e. The zero-order valence-electron chi connectivity index (χ0n) is 8.28. The summed E-state index contributed by atoms with van der Waals surface area (Å²) in [5.74, 6) is 0. The highest BCUT2D eigenvalue weighted by molar-refractivity contribution is 6.34. The number of nitrogens with zero attached hydrogens (tertiary/aromatic N) is 4. The largest absolute Gasteiger partial charge is 0.216 e. The summed E-state index contributed by atoms with van der Waals surface area (Å²) in [4.78, 5) is 0. The molecule has 6 heteroatoms. The third-order valence-corrected chi connectivity index (χ3v) is 2.53. The van der Waals surface area contributed by atoms with E-state index < -0.39 is 0 Å². The summed E-state index contributed by atoms with van der Waals surface area (Å²) in [6, 6.07) is 6.99. The van der Waals surface area contributed by atoms with E-state index in [9.17, 15) is 0 Å². The predicted molar refractivity (Wildman–Crippen MR) is 60.8 cm³/mol. The van der Waals surface area contributed by atoms with Gasteiger partial charge in [-0.3, -0.25) is 0 Å². The van der Waals surface area contributed by atoms with Crippen molar-refractivity contribution in [2.45, 2.75) is 6.92 Å². The van der Waals surface area contributed by atoms with Gasteiger partial charge in [0.25, 0.3) is 0 Å². The first-order valence-corrected chi connectivity index (χ1v) is 5.16. The van der Waals surface area contributed by atoms with E-state index in [1.165, 1.54) is 4.68 Å². The molecule has 0 aliphatic carbocycles. The Balaban J connectivity index is 2.59. The lowest BCUT2D eigenvalue weighted by atomic mass is 10.3. The normalized spacial score (nSPS) is 10.1. The van der Waals surface area contributed by atoms with E-state index in [2.05, 4.69) is 10.3 Å². The molecular weight excluding hydrogens is 247 g/mol. The van der Waals surface area contributed by atoms with Crippen LogP contribution in [-0.4, -0.2) is 15.0 Å². The fraction of sp³-hybridized carbons (Fsp3) is 0.100. The Bertz CT molecular complexity index is 563. The Kier molecular flexibility index (Phi) is 2.82. The minimum atomic E-state index is 0.288. The molecule has 16 heavy (non-hydrogen) atoms. The molecule has 1 heterocycles. The van der Waals surface area contributed by atoms with Crippen molar-refractivity contribution in [3.05, 3.63) is 39.6 Å². The molecule has 0 radical (unpaired) electrons. The summed E-state index contributed by atoms with van der Waals surface area (Å²) in [5, 5.41) is 17.4. The molecule has 0 saturated heterocycles. The molecule has 0 unspecified atom stereocenters. The van der Waals surface area contributed by atoms with E-state index in [0.29, 0.717) is 21.4 Å². The summed E-state index contributed by atoms with van der Waals surface area (Å²) in [6.45, 7) is 1.76. The Morgan fingerprint density at radius 3 is 2.38 bits per heavy atom. The molecule has 0 fully saturated rings. The predicted octanol–water partition coefficient (Wildman–Crippen LogP) is 2.75. The minimum absolute atomic E-state index is 0.288. The summed E-state index contributed by atoms with van der Waals surface area (Å²) >= 11 is 11.8. The van der Waals surface area contributed by atoms with Gasteiger partial charge in [-0.25, -0.2) is 4.68 Å². The highest BCUT2D eigenvalue weighted by Crippen LogP contribution is 2.22. The topological polar surface area (TPSA) is 54.5 Å². The second-order valence-electron chi connectivity index (χ2n) is 3.17. The molecule has 0 amide bonds. The van der Waals surface area contributed by atoms with Crippen molar-refractivity contribution < 1.29 is 0 Å². The first kappa shape index (κ1) is 10.9. The van der Waals surface area contributed by atoms with Crippen molar-refractivity contribution >= 4 is 23.2 Å². The van der Waals surface area contributed by atoms with Gasteiger partial charge in [-0.05, 0) is 25.1 Å². The lowest BCUT2D eigenvalue weighted by Crippen LogP contribution is -1.99. The molecule has 80 valence electrons. The van der Waals surface area contributed by atoms with Crippen LogP contribution in [0.1, 0.15) is 11.4 Å². The first-order chi connectivity index (χ1) is 7.61. The molecule has 0 aliphatic heterocycles. The van der Waals surface area contributed by atoms with Crippen LogP contribution in [0.2, 0.25) is 10.0 Å². The molecule has 0 atom stereocenters. The van der Waals surface area contributed by atoms with Crippen LogP contribution in [0.4, 0.5) is 0 Å². The van der Waals surface area contributed by atoms with Gasteiger partial charge in [-0.2, -0.15) is 5.26 Å². The summed E-state index contributed by atoms with van der Waals surface area (Å²) < 4.78 is 1.52. The fourth-order valence-electron chi connectivity index (χ4n) is 1.34. The van der Waals surface area contributed by atoms with E-state index in [1.807, 2.05) is 6.07 Å². The molecule has 2 aromatic rings. The maximum atomic E-state index is 8.77. The van der Waals surface area contributed by atoms with Gasteiger partial charge in [0.2, 0.25) is 0 Å². The molecule has 4 nitrogen and oxygen atoms in total. The number of nitriles is 1. The molecule has 0 saturated carbocycles. The summed E-state index contributed by atoms with van der Waals surface area (Å²) in [5.41, 5.74) is 1.63. The molecule has 0 N–H and O–H groups in total. The van der Waals surface area contributed by atoms with Crippen LogP contribution in [0.15, 0.2) is 18.2 Å². The first-order valence-electron chi connectivity index (χ1n) is 4.40. The maximum Gasteiger partial charge on any atom is 0.186 e. The number of aromatic nitrogens is 3. The Morgan fingerprint density at radius 2 is 1.88 bits per heavy atom. The Labute approximate surface area is 102 Å². The molecule has 2 rings (SSSR count). The third-order valence-electron chi connectivity index (χ3n) is 2.09. The van der Waals surface area contributed by atoms with Gasteiger partial charge in [0.1, 0.15) is 6.07 Å². The van der Waals surface area contributed by atoms with Crippen LogP contribution < -0.4 is 0 Å². The SMILES string of the molecule is Cc1c(C#N)nnn1-c1cc(Cl)cc(Cl)c1. The van der Waals surface area contributed by atoms with Crippen LogP contribution in [0.25, 0.3) is 5.69 Å². The highest BCUT2D eigenvalue weighted by atomic mass is 35.5. The second kappa shape index (κ2) is 4.12. The number of halogens is 2. The minimum Gasteiger partial charge on any atom is -0.216 e.